The van der Waals surface area contributed by atoms with Gasteiger partial charge in [0, 0.05) is 30.5 Å². The summed E-state index contributed by atoms with van der Waals surface area (Å²) in [6.45, 7) is 2.79. The number of urea groups is 1. The predicted molar refractivity (Wildman–Crippen MR) is 133 cm³/mol. The van der Waals surface area contributed by atoms with Crippen molar-refractivity contribution in [1.29, 1.82) is 0 Å². The highest BCUT2D eigenvalue weighted by molar-refractivity contribution is 8.18. The van der Waals surface area contributed by atoms with E-state index in [1.165, 1.54) is 11.0 Å². The number of aromatic nitrogens is 3. The number of ether oxygens (including phenoxy) is 2. The first-order valence-electron chi connectivity index (χ1n) is 11.9. The minimum atomic E-state index is -3.83. The molecule has 0 aromatic carbocycles. The molecular formula is C23H26N6O6S2. The average Bonchev–Trinajstić information content (AvgIpc) is 3.22. The number of carbonyl (C=O) groups is 2. The van der Waals surface area contributed by atoms with Crippen molar-refractivity contribution in [3.8, 4) is 11.6 Å². The van der Waals surface area contributed by atoms with Crippen LogP contribution < -0.4 is 14.2 Å². The zero-order chi connectivity index (χ0) is 25.9. The number of thioether (sulfide) groups is 1. The smallest absolute Gasteiger partial charge is 0.328 e. The number of aryl methyl sites for hydroxylation is 1. The van der Waals surface area contributed by atoms with E-state index in [1.54, 1.807) is 36.4 Å². The number of hydrogen-bond donors (Lipinski definition) is 1. The Morgan fingerprint density at radius 2 is 1.95 bits per heavy atom. The molecule has 12 nitrogen and oxygen atoms in total. The molecule has 0 spiro atoms. The quantitative estimate of drug-likeness (QED) is 0.549. The van der Waals surface area contributed by atoms with Crippen molar-refractivity contribution in [2.75, 3.05) is 13.2 Å². The number of fused-ring (bicyclic) bond motifs is 2. The lowest BCUT2D eigenvalue weighted by Gasteiger charge is -2.41. The number of nitrogens with one attached hydrogen (secondary N) is 1. The number of amides is 3. The fourth-order valence-corrected chi connectivity index (χ4v) is 7.87. The van der Waals surface area contributed by atoms with E-state index in [4.69, 9.17) is 9.47 Å². The number of imide groups is 1. The fourth-order valence-electron chi connectivity index (χ4n) is 4.56. The number of pyridine rings is 1. The molecule has 3 aliphatic heterocycles. The van der Waals surface area contributed by atoms with Gasteiger partial charge < -0.3 is 14.4 Å². The minimum absolute atomic E-state index is 0.0293. The van der Waals surface area contributed by atoms with Crippen molar-refractivity contribution in [3.63, 3.8) is 0 Å². The van der Waals surface area contributed by atoms with Gasteiger partial charge in [-0.2, -0.15) is 5.10 Å². The highest BCUT2D eigenvalue weighted by atomic mass is 32.3. The lowest BCUT2D eigenvalue weighted by Crippen LogP contribution is -2.58. The maximum Gasteiger partial charge on any atom is 0.328 e. The van der Waals surface area contributed by atoms with Gasteiger partial charge in [0.1, 0.15) is 22.8 Å². The van der Waals surface area contributed by atoms with Gasteiger partial charge in [-0.1, -0.05) is 11.8 Å². The minimum Gasteiger partial charge on any atom is -0.484 e. The fraction of sp³-hybridized carbons (Fsp3) is 0.478. The molecule has 2 fully saturated rings. The van der Waals surface area contributed by atoms with E-state index in [2.05, 4.69) is 14.8 Å². The van der Waals surface area contributed by atoms with Gasteiger partial charge in [-0.15, -0.1) is 0 Å². The highest BCUT2D eigenvalue weighted by Gasteiger charge is 2.52. The van der Waals surface area contributed by atoms with Crippen molar-refractivity contribution < 1.29 is 27.5 Å². The number of nitrogens with zero attached hydrogens (tertiary/aromatic N) is 5. The Bertz CT molecular complexity index is 1420. The van der Waals surface area contributed by atoms with Crippen LogP contribution in [-0.4, -0.2) is 69.0 Å². The summed E-state index contributed by atoms with van der Waals surface area (Å²) in [5.74, 6) is -0.389. The number of sulfonamides is 1. The van der Waals surface area contributed by atoms with Crippen LogP contribution in [0.1, 0.15) is 30.9 Å². The van der Waals surface area contributed by atoms with E-state index in [1.807, 2.05) is 6.92 Å². The molecule has 4 aliphatic rings. The van der Waals surface area contributed by atoms with Gasteiger partial charge in [0.05, 0.1) is 25.2 Å². The summed E-state index contributed by atoms with van der Waals surface area (Å²) in [6, 6.07) is 1.25. The number of rotatable bonds is 7. The molecule has 5 heterocycles. The summed E-state index contributed by atoms with van der Waals surface area (Å²) >= 11 is 1.02. The molecule has 1 saturated heterocycles. The monoisotopic (exact) mass is 546 g/mol. The number of carbonyl (C=O) groups excluding carboxylic acids is 2. The zero-order valence-electron chi connectivity index (χ0n) is 20.3. The van der Waals surface area contributed by atoms with Crippen LogP contribution in [-0.2, 0) is 35.0 Å². The molecule has 6 rings (SSSR count). The Labute approximate surface area is 218 Å². The Hall–Kier alpha value is -3.10. The van der Waals surface area contributed by atoms with E-state index < -0.39 is 38.8 Å². The van der Waals surface area contributed by atoms with Gasteiger partial charge in [0.25, 0.3) is 5.88 Å². The topological polar surface area (TPSA) is 136 Å². The molecule has 1 aliphatic carbocycles. The van der Waals surface area contributed by atoms with Gasteiger partial charge in [0.2, 0.25) is 15.9 Å². The van der Waals surface area contributed by atoms with Crippen LogP contribution in [0.25, 0.3) is 0 Å². The van der Waals surface area contributed by atoms with Gasteiger partial charge in [-0.3, -0.25) is 14.4 Å². The molecular weight excluding hydrogens is 520 g/mol. The molecule has 0 radical (unpaired) electrons. The van der Waals surface area contributed by atoms with Gasteiger partial charge in [-0.05, 0) is 37.5 Å². The van der Waals surface area contributed by atoms with Crippen LogP contribution in [0.3, 0.4) is 0 Å². The molecule has 2 aromatic heterocycles. The molecule has 3 amide bonds. The average molecular weight is 547 g/mol. The van der Waals surface area contributed by atoms with Crippen LogP contribution in [0.15, 0.2) is 35.0 Å². The second-order valence-electron chi connectivity index (χ2n) is 9.89. The van der Waals surface area contributed by atoms with Crippen molar-refractivity contribution in [2.45, 2.75) is 43.8 Å². The van der Waals surface area contributed by atoms with E-state index in [-0.39, 0.29) is 17.3 Å². The molecule has 0 bridgehead atoms. The van der Waals surface area contributed by atoms with E-state index in [0.29, 0.717) is 36.0 Å². The second kappa shape index (κ2) is 8.74. The Morgan fingerprint density at radius 1 is 1.16 bits per heavy atom. The largest absolute Gasteiger partial charge is 0.484 e. The summed E-state index contributed by atoms with van der Waals surface area (Å²) < 4.78 is 41.8. The maximum atomic E-state index is 13.7. The number of hydrogen-bond acceptors (Lipinski definition) is 9. The lowest BCUT2D eigenvalue weighted by atomic mass is 10.0. The zero-order valence-corrected chi connectivity index (χ0v) is 21.9. The van der Waals surface area contributed by atoms with Crippen LogP contribution >= 0.6 is 11.8 Å². The van der Waals surface area contributed by atoms with E-state index >= 15 is 0 Å². The molecule has 196 valence electrons. The molecule has 1 saturated carbocycles. The summed E-state index contributed by atoms with van der Waals surface area (Å²) in [5, 5.41) is 3.42. The standard InChI is InChI=1S/C23H26N6O6S2/c1-23(3-4-23)26-37(32,33)18-8-16-20(30)28(13-15-10-25-27(2)11-15)22(31)29(21(16)36-18)12-14-7-17-19(24-9-14)35-6-5-34-17/h7-11,16,21,26H,3-6,12-13H2,1-2H3. The maximum absolute atomic E-state index is 13.7. The highest BCUT2D eigenvalue weighted by Crippen LogP contribution is 2.47. The third kappa shape index (κ3) is 4.57. The molecule has 1 N–H and O–H groups in total. The SMILES string of the molecule is Cn1cc(CN2C(=O)C3C=C(S(=O)(=O)NC4(C)CC4)SC3N(Cc3cnc4c(c3)OCCO4)C2=O)cn1. The van der Waals surface area contributed by atoms with Crippen LogP contribution in [0.5, 0.6) is 11.6 Å². The van der Waals surface area contributed by atoms with Crippen molar-refractivity contribution in [2.24, 2.45) is 13.0 Å². The van der Waals surface area contributed by atoms with Crippen molar-refractivity contribution >= 4 is 33.7 Å². The van der Waals surface area contributed by atoms with Gasteiger partial charge >= 0.3 is 6.03 Å². The second-order valence-corrected chi connectivity index (χ2v) is 13.0. The third-order valence-corrected chi connectivity index (χ3v) is 10.3. The Kier molecular flexibility index (Phi) is 5.73. The summed E-state index contributed by atoms with van der Waals surface area (Å²) in [6.07, 6.45) is 7.92. The van der Waals surface area contributed by atoms with Crippen LogP contribution in [0, 0.1) is 5.92 Å². The summed E-state index contributed by atoms with van der Waals surface area (Å²) in [5.41, 5.74) is 0.901. The van der Waals surface area contributed by atoms with Crippen molar-refractivity contribution in [3.05, 3.63) is 46.1 Å². The van der Waals surface area contributed by atoms with Gasteiger partial charge in [0.15, 0.2) is 5.75 Å². The first-order valence-corrected chi connectivity index (χ1v) is 14.2. The summed E-state index contributed by atoms with van der Waals surface area (Å²) in [4.78, 5) is 34.2. The van der Waals surface area contributed by atoms with E-state index in [0.717, 1.165) is 29.5 Å². The Morgan fingerprint density at radius 3 is 2.68 bits per heavy atom. The van der Waals surface area contributed by atoms with Crippen molar-refractivity contribution in [1.82, 2.24) is 29.3 Å². The molecule has 2 atom stereocenters. The van der Waals surface area contributed by atoms with Crippen LogP contribution in [0.2, 0.25) is 0 Å². The Balaban J connectivity index is 1.32. The molecule has 2 aromatic rings. The molecule has 14 heteroatoms. The summed E-state index contributed by atoms with van der Waals surface area (Å²) in [7, 11) is -2.08. The first kappa shape index (κ1) is 24.2. The predicted octanol–water partition coefficient (Wildman–Crippen LogP) is 1.55. The lowest BCUT2D eigenvalue weighted by molar-refractivity contribution is -0.135. The van der Waals surface area contributed by atoms with E-state index in [9.17, 15) is 18.0 Å². The third-order valence-electron chi connectivity index (χ3n) is 6.75. The molecule has 2 unspecified atom stereocenters. The van der Waals surface area contributed by atoms with Gasteiger partial charge in [-0.25, -0.2) is 22.9 Å². The molecule has 37 heavy (non-hydrogen) atoms. The first-order chi connectivity index (χ1) is 17.6. The normalized spacial score (nSPS) is 24.2. The van der Waals surface area contributed by atoms with Crippen LogP contribution in [0.4, 0.5) is 4.79 Å².